The molecule has 0 saturated carbocycles. The van der Waals surface area contributed by atoms with Gasteiger partial charge in [-0.1, -0.05) is 0 Å². The normalized spacial score (nSPS) is 13.3. The first-order valence-electron chi connectivity index (χ1n) is 9.68. The van der Waals surface area contributed by atoms with Gasteiger partial charge in [0.1, 0.15) is 0 Å². The molecule has 8 bridgehead atoms. The predicted octanol–water partition coefficient (Wildman–Crippen LogP) is 2.58. The Bertz CT molecular complexity index is 1270. The number of carbonyl (C=O) groups excluding carboxylic acids is 2. The molecule has 0 aromatic carbocycles. The van der Waals surface area contributed by atoms with Crippen molar-refractivity contribution in [2.75, 3.05) is 0 Å². The van der Waals surface area contributed by atoms with Gasteiger partial charge >= 0.3 is 21.1 Å². The molecule has 168 valence electrons. The van der Waals surface area contributed by atoms with Crippen molar-refractivity contribution in [3.05, 3.63) is 71.3 Å². The topological polar surface area (TPSA) is 132 Å². The zero-order chi connectivity index (χ0) is 22.5. The number of aromatic amines is 2. The summed E-state index contributed by atoms with van der Waals surface area (Å²) in [6.07, 6.45) is 6.55. The van der Waals surface area contributed by atoms with E-state index < -0.39 is 12.2 Å². The number of nitrogens with one attached hydrogen (secondary N) is 2. The first-order chi connectivity index (χ1) is 15.5. The van der Waals surface area contributed by atoms with Crippen LogP contribution >= 0.6 is 0 Å². The molecule has 8 nitrogen and oxygen atoms in total. The van der Waals surface area contributed by atoms with Crippen LogP contribution in [0.15, 0.2) is 48.5 Å². The minimum absolute atomic E-state index is 0. The second-order valence-electron chi connectivity index (χ2n) is 7.03. The van der Waals surface area contributed by atoms with E-state index >= 15 is 0 Å². The van der Waals surface area contributed by atoms with Crippen LogP contribution in [0.3, 0.4) is 0 Å². The van der Waals surface area contributed by atoms with Crippen molar-refractivity contribution in [3.63, 3.8) is 0 Å². The SMILES string of the molecule is C1=Cc2cc3ccc(cc4ccc(cc5nc(cc1n2)C=C5)[nH]4)[nH]3.O=[C-]C(O)C(O)[C-]=O.[Pt+2]. The average Bonchev–Trinajstić information content (AvgIpc) is 3.59. The van der Waals surface area contributed by atoms with Crippen molar-refractivity contribution in [2.45, 2.75) is 12.2 Å². The maximum Gasteiger partial charge on any atom is 2.00 e. The standard InChI is InChI=1S/C20H14N4.C4H4O4.Pt/c1-2-14-10-16-5-6-18(23-16)12-20-8-7-19(24-20)11-17-4-3-15(22-17)9-13(1)21-14;5-1-3(7)4(8)2-6;/h1-12,21-22H;3-4,7-8H;/q;-2;+2. The molecule has 2 unspecified atom stereocenters. The Morgan fingerprint density at radius 3 is 1.30 bits per heavy atom. The van der Waals surface area contributed by atoms with Crippen molar-refractivity contribution < 1.29 is 40.9 Å². The fourth-order valence-electron chi connectivity index (χ4n) is 3.07. The van der Waals surface area contributed by atoms with Crippen LogP contribution in [0.4, 0.5) is 0 Å². The van der Waals surface area contributed by atoms with Gasteiger partial charge in [-0.05, 0) is 85.0 Å². The van der Waals surface area contributed by atoms with E-state index in [1.165, 1.54) is 0 Å². The fourth-order valence-corrected chi connectivity index (χ4v) is 3.07. The molecule has 2 aliphatic heterocycles. The third-order valence-electron chi connectivity index (χ3n) is 4.58. The van der Waals surface area contributed by atoms with Crippen molar-refractivity contribution in [1.82, 2.24) is 19.9 Å². The van der Waals surface area contributed by atoms with E-state index in [9.17, 15) is 9.59 Å². The van der Waals surface area contributed by atoms with Crippen LogP contribution in [-0.4, -0.2) is 54.9 Å². The molecular formula is C24H18N4O4Pt. The summed E-state index contributed by atoms with van der Waals surface area (Å²) >= 11 is 0. The van der Waals surface area contributed by atoms with Gasteiger partial charge in [0.15, 0.2) is 0 Å². The second kappa shape index (κ2) is 10.9. The molecule has 0 radical (unpaired) electrons. The number of aliphatic hydroxyl groups excluding tert-OH is 2. The zero-order valence-electron chi connectivity index (χ0n) is 17.0. The summed E-state index contributed by atoms with van der Waals surface area (Å²) in [4.78, 5) is 34.8. The minimum atomic E-state index is -1.76. The molecule has 3 aromatic rings. The molecule has 0 amide bonds. The molecule has 0 fully saturated rings. The van der Waals surface area contributed by atoms with Crippen LogP contribution in [0.2, 0.25) is 0 Å². The number of aromatic nitrogens is 4. The van der Waals surface area contributed by atoms with Crippen molar-refractivity contribution in [2.24, 2.45) is 0 Å². The maximum atomic E-state index is 9.39. The molecule has 5 rings (SSSR count). The molecule has 3 aromatic heterocycles. The van der Waals surface area contributed by atoms with Gasteiger partial charge in [-0.15, -0.1) is 0 Å². The van der Waals surface area contributed by atoms with E-state index in [-0.39, 0.29) is 21.1 Å². The third kappa shape index (κ3) is 6.29. The Morgan fingerprint density at radius 2 is 0.939 bits per heavy atom. The second-order valence-corrected chi connectivity index (χ2v) is 7.03. The number of nitrogens with zero attached hydrogens (tertiary/aromatic N) is 2. The Balaban J connectivity index is 0.000000297. The van der Waals surface area contributed by atoms with Crippen molar-refractivity contribution >= 4 is 58.9 Å². The van der Waals surface area contributed by atoms with Gasteiger partial charge in [-0.3, -0.25) is 0 Å². The summed E-state index contributed by atoms with van der Waals surface area (Å²) in [5.41, 5.74) is 7.86. The first kappa shape index (κ1) is 24.2. The van der Waals surface area contributed by atoms with E-state index in [1.54, 1.807) is 0 Å². The molecule has 0 saturated heterocycles. The molecular weight excluding hydrogens is 603 g/mol. The summed E-state index contributed by atoms with van der Waals surface area (Å²) in [5.74, 6) is 0. The minimum Gasteiger partial charge on any atom is -0.539 e. The molecule has 0 aliphatic carbocycles. The summed E-state index contributed by atoms with van der Waals surface area (Å²) in [5, 5.41) is 16.4. The molecule has 33 heavy (non-hydrogen) atoms. The molecule has 2 aliphatic rings. The van der Waals surface area contributed by atoms with Gasteiger partial charge in [0.2, 0.25) is 0 Å². The van der Waals surface area contributed by atoms with Crippen LogP contribution < -0.4 is 0 Å². The summed E-state index contributed by atoms with van der Waals surface area (Å²) in [6.45, 7) is 0. The molecule has 0 spiro atoms. The quantitative estimate of drug-likeness (QED) is 0.229. The monoisotopic (exact) mass is 621 g/mol. The number of hydrogen-bond donors (Lipinski definition) is 4. The van der Waals surface area contributed by atoms with Gasteiger partial charge in [0.25, 0.3) is 0 Å². The largest absolute Gasteiger partial charge is 2.00 e. The Morgan fingerprint density at radius 1 is 0.606 bits per heavy atom. The van der Waals surface area contributed by atoms with E-state index in [4.69, 9.17) is 10.2 Å². The maximum absolute atomic E-state index is 9.39. The van der Waals surface area contributed by atoms with Crippen LogP contribution in [0.25, 0.3) is 46.4 Å². The third-order valence-corrected chi connectivity index (χ3v) is 4.58. The van der Waals surface area contributed by atoms with Gasteiger partial charge in [0, 0.05) is 22.1 Å². The van der Waals surface area contributed by atoms with Gasteiger partial charge in [0.05, 0.1) is 22.8 Å². The average molecular weight is 622 g/mol. The van der Waals surface area contributed by atoms with Crippen molar-refractivity contribution in [3.8, 4) is 0 Å². The van der Waals surface area contributed by atoms with E-state index in [0.717, 1.165) is 57.4 Å². The van der Waals surface area contributed by atoms with E-state index in [2.05, 4.69) is 50.3 Å². The Hall–Kier alpha value is -3.45. The summed E-state index contributed by atoms with van der Waals surface area (Å²) in [6, 6.07) is 16.4. The van der Waals surface area contributed by atoms with Gasteiger partial charge in [-0.25, -0.2) is 22.5 Å². The number of aliphatic hydroxyl groups is 2. The zero-order valence-corrected chi connectivity index (χ0v) is 19.3. The fraction of sp³-hybridized carbons (Fsp3) is 0.0833. The Labute approximate surface area is 203 Å². The van der Waals surface area contributed by atoms with Crippen LogP contribution in [0, 0.1) is 0 Å². The molecule has 5 heterocycles. The molecule has 4 N–H and O–H groups in total. The van der Waals surface area contributed by atoms with Crippen LogP contribution in [0.1, 0.15) is 22.8 Å². The number of rotatable bonds is 3. The smallest absolute Gasteiger partial charge is 0.539 e. The number of fused-ring (bicyclic) bond motifs is 8. The first-order valence-corrected chi connectivity index (χ1v) is 9.68. The van der Waals surface area contributed by atoms with Crippen LogP contribution in [0.5, 0.6) is 0 Å². The van der Waals surface area contributed by atoms with Gasteiger partial charge < -0.3 is 29.8 Å². The molecule has 2 atom stereocenters. The van der Waals surface area contributed by atoms with Crippen LogP contribution in [-0.2, 0) is 30.7 Å². The Kier molecular flexibility index (Phi) is 8.00. The molecule has 9 heteroatoms. The number of H-pyrrole nitrogens is 2. The van der Waals surface area contributed by atoms with Crippen molar-refractivity contribution in [1.29, 1.82) is 0 Å². The van der Waals surface area contributed by atoms with E-state index in [0.29, 0.717) is 0 Å². The van der Waals surface area contributed by atoms with E-state index in [1.807, 2.05) is 42.5 Å². The summed E-state index contributed by atoms with van der Waals surface area (Å²) < 4.78 is 0. The predicted molar refractivity (Wildman–Crippen MR) is 122 cm³/mol. The van der Waals surface area contributed by atoms with Gasteiger partial charge in [-0.2, -0.15) is 0 Å². The number of hydrogen-bond acceptors (Lipinski definition) is 6. The summed E-state index contributed by atoms with van der Waals surface area (Å²) in [7, 11) is 0.